The maximum absolute atomic E-state index is 12.7. The summed E-state index contributed by atoms with van der Waals surface area (Å²) in [4.78, 5) is 28.8. The molecule has 1 atom stereocenters. The fourth-order valence-electron chi connectivity index (χ4n) is 5.21. The van der Waals surface area contributed by atoms with E-state index >= 15 is 0 Å². The van der Waals surface area contributed by atoms with Gasteiger partial charge in [-0.15, -0.1) is 0 Å². The molecule has 2 aliphatic heterocycles. The molecule has 2 fully saturated rings. The maximum Gasteiger partial charge on any atom is 0.410 e. The second kappa shape index (κ2) is 9.81. The molecule has 2 aliphatic rings. The van der Waals surface area contributed by atoms with Crippen molar-refractivity contribution in [2.75, 3.05) is 42.5 Å². The number of carbonyl (C=O) groups excluding carboxylic acids is 1. The van der Waals surface area contributed by atoms with Crippen molar-refractivity contribution in [2.24, 2.45) is 0 Å². The van der Waals surface area contributed by atoms with Crippen molar-refractivity contribution in [1.29, 1.82) is 0 Å². The molecule has 1 unspecified atom stereocenters. The predicted octanol–water partition coefficient (Wildman–Crippen LogP) is 5.51. The molecule has 0 radical (unpaired) electrons. The van der Waals surface area contributed by atoms with Gasteiger partial charge in [0.2, 0.25) is 0 Å². The van der Waals surface area contributed by atoms with Gasteiger partial charge in [0.1, 0.15) is 17.7 Å². The van der Waals surface area contributed by atoms with E-state index in [4.69, 9.17) is 26.3 Å². The Morgan fingerprint density at radius 3 is 2.56 bits per heavy atom. The van der Waals surface area contributed by atoms with Crippen LogP contribution in [-0.2, 0) is 4.74 Å². The number of fused-ring (bicyclic) bond motifs is 1. The fourth-order valence-corrected chi connectivity index (χ4v) is 5.39. The van der Waals surface area contributed by atoms with Crippen molar-refractivity contribution < 1.29 is 9.53 Å². The van der Waals surface area contributed by atoms with Crippen molar-refractivity contribution in [1.82, 2.24) is 19.4 Å². The summed E-state index contributed by atoms with van der Waals surface area (Å²) < 4.78 is 7.74. The Hall–Kier alpha value is -3.00. The fraction of sp³-hybridized carbons (Fsp3) is 0.519. The van der Waals surface area contributed by atoms with E-state index in [1.165, 1.54) is 19.3 Å². The molecule has 0 aliphatic carbocycles. The molecule has 36 heavy (non-hydrogen) atoms. The highest BCUT2D eigenvalue weighted by Crippen LogP contribution is 2.38. The number of amides is 1. The van der Waals surface area contributed by atoms with E-state index in [2.05, 4.69) is 33.6 Å². The molecule has 9 heteroatoms. The summed E-state index contributed by atoms with van der Waals surface area (Å²) in [6.07, 6.45) is 7.18. The van der Waals surface area contributed by atoms with Gasteiger partial charge >= 0.3 is 6.09 Å². The molecule has 4 heterocycles. The Bertz CT molecular complexity index is 1250. The zero-order valence-electron chi connectivity index (χ0n) is 21.6. The number of nitrogens with zero attached hydrogens (tertiary/aromatic N) is 6. The minimum Gasteiger partial charge on any atom is -0.444 e. The topological polar surface area (TPSA) is 66.7 Å². The summed E-state index contributed by atoms with van der Waals surface area (Å²) >= 11 is 6.35. The van der Waals surface area contributed by atoms with Gasteiger partial charge in [0.15, 0.2) is 5.65 Å². The molecule has 0 saturated carbocycles. The van der Waals surface area contributed by atoms with Gasteiger partial charge in [-0.3, -0.25) is 4.57 Å². The minimum atomic E-state index is -0.511. The number of rotatable bonds is 3. The summed E-state index contributed by atoms with van der Waals surface area (Å²) in [5.74, 6) is 0.915. The third kappa shape index (κ3) is 4.96. The van der Waals surface area contributed by atoms with Crippen LogP contribution in [0, 0.1) is 0 Å². The third-order valence-electron chi connectivity index (χ3n) is 6.88. The number of aromatic nitrogens is 3. The van der Waals surface area contributed by atoms with E-state index in [0.29, 0.717) is 24.7 Å². The number of hydrogen-bond donors (Lipinski definition) is 0. The summed E-state index contributed by atoms with van der Waals surface area (Å²) in [7, 11) is 0. The standard InChI is InChI=1S/C27H35ClN6O2/c1-19-16-32(26(35)36-27(2,3)4)13-14-33(19)24-23-22(31-11-6-5-7-12-31)17-34(25(23)30-18-29-24)21-10-8-9-20(28)15-21/h8-10,15,17-19H,5-7,11-14,16H2,1-4H3. The van der Waals surface area contributed by atoms with Crippen LogP contribution in [0.25, 0.3) is 16.7 Å². The Morgan fingerprint density at radius 2 is 1.86 bits per heavy atom. The number of hydrogen-bond acceptors (Lipinski definition) is 6. The van der Waals surface area contributed by atoms with Crippen LogP contribution in [0.5, 0.6) is 0 Å². The number of piperidine rings is 1. The van der Waals surface area contributed by atoms with Gasteiger partial charge < -0.3 is 19.4 Å². The van der Waals surface area contributed by atoms with E-state index < -0.39 is 5.60 Å². The highest BCUT2D eigenvalue weighted by molar-refractivity contribution is 6.30. The number of piperazine rings is 1. The highest BCUT2D eigenvalue weighted by atomic mass is 35.5. The first kappa shape index (κ1) is 24.7. The number of anilines is 2. The van der Waals surface area contributed by atoms with Crippen LogP contribution >= 0.6 is 11.6 Å². The second-order valence-corrected chi connectivity index (χ2v) is 11.2. The van der Waals surface area contributed by atoms with E-state index in [9.17, 15) is 4.79 Å². The van der Waals surface area contributed by atoms with Gasteiger partial charge in [-0.1, -0.05) is 17.7 Å². The Balaban J connectivity index is 1.54. The second-order valence-electron chi connectivity index (χ2n) is 10.8. The Kier molecular flexibility index (Phi) is 6.72. The molecule has 1 aromatic carbocycles. The van der Waals surface area contributed by atoms with Crippen LogP contribution in [0.4, 0.5) is 16.3 Å². The molecule has 5 rings (SSSR count). The SMILES string of the molecule is CC1CN(C(=O)OC(C)(C)C)CCN1c1ncnc2c1c(N1CCCCC1)cn2-c1cccc(Cl)c1. The first-order valence-electron chi connectivity index (χ1n) is 12.8. The van der Waals surface area contributed by atoms with Gasteiger partial charge in [-0.2, -0.15) is 0 Å². The summed E-state index contributed by atoms with van der Waals surface area (Å²) in [6.45, 7) is 11.7. The zero-order valence-corrected chi connectivity index (χ0v) is 22.3. The van der Waals surface area contributed by atoms with Crippen LogP contribution in [0.2, 0.25) is 5.02 Å². The summed E-state index contributed by atoms with van der Waals surface area (Å²) in [5, 5.41) is 1.74. The van der Waals surface area contributed by atoms with E-state index in [1.807, 2.05) is 39.0 Å². The first-order chi connectivity index (χ1) is 17.2. The van der Waals surface area contributed by atoms with Crippen molar-refractivity contribution in [3.05, 3.63) is 41.8 Å². The van der Waals surface area contributed by atoms with Crippen LogP contribution in [0.3, 0.4) is 0 Å². The smallest absolute Gasteiger partial charge is 0.410 e. The third-order valence-corrected chi connectivity index (χ3v) is 7.11. The number of benzene rings is 1. The minimum absolute atomic E-state index is 0.0769. The van der Waals surface area contributed by atoms with Crippen molar-refractivity contribution in [2.45, 2.75) is 58.6 Å². The number of ether oxygens (including phenoxy) is 1. The van der Waals surface area contributed by atoms with Crippen LogP contribution in [-0.4, -0.2) is 69.9 Å². The van der Waals surface area contributed by atoms with E-state index in [-0.39, 0.29) is 12.1 Å². The average Bonchev–Trinajstić information content (AvgIpc) is 3.24. The van der Waals surface area contributed by atoms with Gasteiger partial charge in [0.25, 0.3) is 0 Å². The summed E-state index contributed by atoms with van der Waals surface area (Å²) in [6, 6.07) is 7.94. The molecule has 2 saturated heterocycles. The normalized spacial score (nSPS) is 19.1. The zero-order chi connectivity index (χ0) is 25.4. The largest absolute Gasteiger partial charge is 0.444 e. The van der Waals surface area contributed by atoms with Crippen LogP contribution < -0.4 is 9.80 Å². The first-order valence-corrected chi connectivity index (χ1v) is 13.2. The molecule has 0 bridgehead atoms. The van der Waals surface area contributed by atoms with Gasteiger partial charge in [0, 0.05) is 55.7 Å². The van der Waals surface area contributed by atoms with E-state index in [0.717, 1.165) is 41.3 Å². The maximum atomic E-state index is 12.7. The molecule has 2 aromatic heterocycles. The monoisotopic (exact) mass is 510 g/mol. The summed E-state index contributed by atoms with van der Waals surface area (Å²) in [5.41, 5.74) is 2.48. The lowest BCUT2D eigenvalue weighted by atomic mass is 10.1. The van der Waals surface area contributed by atoms with Crippen LogP contribution in [0.15, 0.2) is 36.8 Å². The number of halogens is 1. The van der Waals surface area contributed by atoms with Crippen molar-refractivity contribution in [3.63, 3.8) is 0 Å². The van der Waals surface area contributed by atoms with Gasteiger partial charge in [-0.05, 0) is 65.2 Å². The van der Waals surface area contributed by atoms with Gasteiger partial charge in [0.05, 0.1) is 11.1 Å². The number of carbonyl (C=O) groups is 1. The molecule has 8 nitrogen and oxygen atoms in total. The molecular weight excluding hydrogens is 476 g/mol. The van der Waals surface area contributed by atoms with E-state index in [1.54, 1.807) is 11.2 Å². The molecular formula is C27H35ClN6O2. The lowest BCUT2D eigenvalue weighted by molar-refractivity contribution is 0.0218. The average molecular weight is 511 g/mol. The lowest BCUT2D eigenvalue weighted by Gasteiger charge is -2.41. The predicted molar refractivity (Wildman–Crippen MR) is 145 cm³/mol. The van der Waals surface area contributed by atoms with Gasteiger partial charge in [-0.25, -0.2) is 14.8 Å². The molecule has 0 N–H and O–H groups in total. The molecule has 1 amide bonds. The lowest BCUT2D eigenvalue weighted by Crippen LogP contribution is -2.54. The van der Waals surface area contributed by atoms with Crippen molar-refractivity contribution in [3.8, 4) is 5.69 Å². The Labute approximate surface area is 217 Å². The Morgan fingerprint density at radius 1 is 1.08 bits per heavy atom. The quantitative estimate of drug-likeness (QED) is 0.463. The van der Waals surface area contributed by atoms with Crippen molar-refractivity contribution >= 4 is 40.2 Å². The molecule has 0 spiro atoms. The molecule has 192 valence electrons. The van der Waals surface area contributed by atoms with Crippen LogP contribution in [0.1, 0.15) is 47.0 Å². The molecule has 3 aromatic rings. The highest BCUT2D eigenvalue weighted by Gasteiger charge is 2.33.